The molecule has 1 aromatic heterocycles. The highest BCUT2D eigenvalue weighted by Gasteiger charge is 2.26. The van der Waals surface area contributed by atoms with Crippen molar-refractivity contribution in [2.24, 2.45) is 5.92 Å². The Morgan fingerprint density at radius 2 is 2.00 bits per heavy atom. The first-order valence-corrected chi connectivity index (χ1v) is 6.35. The summed E-state index contributed by atoms with van der Waals surface area (Å²) >= 11 is 5.91. The van der Waals surface area contributed by atoms with Crippen LogP contribution in [0.15, 0.2) is 28.7 Å². The van der Waals surface area contributed by atoms with Crippen molar-refractivity contribution in [2.45, 2.75) is 25.7 Å². The van der Waals surface area contributed by atoms with Crippen LogP contribution in [0, 0.1) is 5.92 Å². The van der Waals surface area contributed by atoms with Gasteiger partial charge < -0.3 is 4.42 Å². The van der Waals surface area contributed by atoms with Crippen molar-refractivity contribution in [1.82, 2.24) is 0 Å². The van der Waals surface area contributed by atoms with Crippen molar-refractivity contribution in [3.05, 3.63) is 35.0 Å². The van der Waals surface area contributed by atoms with E-state index in [1.165, 1.54) is 0 Å². The fourth-order valence-electron chi connectivity index (χ4n) is 2.52. The zero-order valence-electron chi connectivity index (χ0n) is 9.41. The molecule has 0 spiro atoms. The summed E-state index contributed by atoms with van der Waals surface area (Å²) in [5.74, 6) is 0.787. The van der Waals surface area contributed by atoms with Crippen LogP contribution in [0.2, 0.25) is 5.02 Å². The monoisotopic (exact) mass is 248 g/mol. The Morgan fingerprint density at radius 1 is 1.24 bits per heavy atom. The van der Waals surface area contributed by atoms with E-state index in [1.54, 1.807) is 6.07 Å². The number of furan rings is 1. The van der Waals surface area contributed by atoms with Crippen LogP contribution in [0.25, 0.3) is 11.0 Å². The van der Waals surface area contributed by atoms with Crippen molar-refractivity contribution >= 4 is 28.4 Å². The van der Waals surface area contributed by atoms with Crippen LogP contribution in [0.3, 0.4) is 0 Å². The Bertz CT molecular complexity index is 565. The first-order valence-electron chi connectivity index (χ1n) is 5.97. The summed E-state index contributed by atoms with van der Waals surface area (Å²) in [7, 11) is 0. The zero-order valence-corrected chi connectivity index (χ0v) is 10.2. The lowest BCUT2D eigenvalue weighted by atomic mass is 10.0. The second-order valence-corrected chi connectivity index (χ2v) is 5.07. The predicted octanol–water partition coefficient (Wildman–Crippen LogP) is 4.46. The quantitative estimate of drug-likeness (QED) is 0.735. The molecule has 0 bridgehead atoms. The smallest absolute Gasteiger partial charge is 0.201 e. The highest BCUT2D eigenvalue weighted by atomic mass is 35.5. The number of ketones is 1. The van der Waals surface area contributed by atoms with Crippen molar-refractivity contribution in [3.63, 3.8) is 0 Å². The molecule has 1 heterocycles. The van der Waals surface area contributed by atoms with Crippen LogP contribution in [0.4, 0.5) is 0 Å². The minimum atomic E-state index is 0.148. The second-order valence-electron chi connectivity index (χ2n) is 4.64. The zero-order chi connectivity index (χ0) is 11.8. The Kier molecular flexibility index (Phi) is 2.67. The molecular weight excluding hydrogens is 236 g/mol. The third kappa shape index (κ3) is 1.98. The second kappa shape index (κ2) is 4.19. The highest BCUT2D eigenvalue weighted by Crippen LogP contribution is 2.30. The average Bonchev–Trinajstić information content (AvgIpc) is 2.96. The molecule has 88 valence electrons. The Balaban J connectivity index is 1.97. The number of hydrogen-bond donors (Lipinski definition) is 0. The number of rotatable bonds is 2. The largest absolute Gasteiger partial charge is 0.453 e. The van der Waals surface area contributed by atoms with E-state index in [2.05, 4.69) is 0 Å². The van der Waals surface area contributed by atoms with Gasteiger partial charge in [-0.3, -0.25) is 4.79 Å². The van der Waals surface area contributed by atoms with Gasteiger partial charge in [0.15, 0.2) is 5.76 Å². The van der Waals surface area contributed by atoms with E-state index in [-0.39, 0.29) is 11.7 Å². The maximum absolute atomic E-state index is 12.2. The van der Waals surface area contributed by atoms with E-state index in [0.29, 0.717) is 10.8 Å². The van der Waals surface area contributed by atoms with E-state index in [1.807, 2.05) is 18.2 Å². The van der Waals surface area contributed by atoms with E-state index >= 15 is 0 Å². The maximum Gasteiger partial charge on any atom is 0.201 e. The minimum absolute atomic E-state index is 0.148. The lowest BCUT2D eigenvalue weighted by Crippen LogP contribution is -2.09. The number of fused-ring (bicyclic) bond motifs is 1. The first kappa shape index (κ1) is 10.8. The molecule has 2 nitrogen and oxygen atoms in total. The lowest BCUT2D eigenvalue weighted by molar-refractivity contribution is 0.0896. The fraction of sp³-hybridized carbons (Fsp3) is 0.357. The third-order valence-corrected chi connectivity index (χ3v) is 3.68. The molecule has 0 atom stereocenters. The molecule has 2 aromatic rings. The molecule has 3 heteroatoms. The summed E-state index contributed by atoms with van der Waals surface area (Å²) in [6.45, 7) is 0. The lowest BCUT2D eigenvalue weighted by Gasteiger charge is -2.03. The summed E-state index contributed by atoms with van der Waals surface area (Å²) in [5, 5.41) is 1.57. The van der Waals surface area contributed by atoms with Gasteiger partial charge in [0, 0.05) is 16.3 Å². The van der Waals surface area contributed by atoms with Gasteiger partial charge in [0.25, 0.3) is 0 Å². The van der Waals surface area contributed by atoms with E-state index in [9.17, 15) is 4.79 Å². The Morgan fingerprint density at radius 3 is 2.76 bits per heavy atom. The SMILES string of the molecule is O=C(c1cc2cc(Cl)ccc2o1)C1CCCC1. The van der Waals surface area contributed by atoms with Gasteiger partial charge in [-0.05, 0) is 37.1 Å². The van der Waals surface area contributed by atoms with Crippen molar-refractivity contribution < 1.29 is 9.21 Å². The van der Waals surface area contributed by atoms with Crippen molar-refractivity contribution in [2.75, 3.05) is 0 Å². The molecule has 0 amide bonds. The topological polar surface area (TPSA) is 30.2 Å². The standard InChI is InChI=1S/C14H13ClO2/c15-11-5-6-12-10(7-11)8-13(17-12)14(16)9-3-1-2-4-9/h5-9H,1-4H2. The minimum Gasteiger partial charge on any atom is -0.453 e. The van der Waals surface area contributed by atoms with Gasteiger partial charge in [0.1, 0.15) is 5.58 Å². The molecule has 0 radical (unpaired) electrons. The van der Waals surface area contributed by atoms with Crippen LogP contribution in [0.5, 0.6) is 0 Å². The van der Waals surface area contributed by atoms with Crippen LogP contribution < -0.4 is 0 Å². The summed E-state index contributed by atoms with van der Waals surface area (Å²) in [4.78, 5) is 12.2. The number of benzene rings is 1. The fourth-order valence-corrected chi connectivity index (χ4v) is 2.71. The summed E-state index contributed by atoms with van der Waals surface area (Å²) in [5.41, 5.74) is 0.732. The van der Waals surface area contributed by atoms with Gasteiger partial charge >= 0.3 is 0 Å². The maximum atomic E-state index is 12.2. The molecule has 17 heavy (non-hydrogen) atoms. The molecule has 1 fully saturated rings. The summed E-state index contributed by atoms with van der Waals surface area (Å²) in [6.07, 6.45) is 4.30. The van der Waals surface area contributed by atoms with E-state index in [4.69, 9.17) is 16.0 Å². The predicted molar refractivity (Wildman–Crippen MR) is 67.5 cm³/mol. The van der Waals surface area contributed by atoms with Crippen LogP contribution in [-0.4, -0.2) is 5.78 Å². The van der Waals surface area contributed by atoms with E-state index < -0.39 is 0 Å². The third-order valence-electron chi connectivity index (χ3n) is 3.45. The number of carbonyl (C=O) groups excluding carboxylic acids is 1. The van der Waals surface area contributed by atoms with Gasteiger partial charge in [0.2, 0.25) is 5.78 Å². The molecule has 0 N–H and O–H groups in total. The van der Waals surface area contributed by atoms with E-state index in [0.717, 1.165) is 36.7 Å². The highest BCUT2D eigenvalue weighted by molar-refractivity contribution is 6.31. The van der Waals surface area contributed by atoms with Gasteiger partial charge in [-0.1, -0.05) is 24.4 Å². The van der Waals surface area contributed by atoms with Crippen LogP contribution in [-0.2, 0) is 0 Å². The van der Waals surface area contributed by atoms with Crippen LogP contribution in [0.1, 0.15) is 36.2 Å². The Hall–Kier alpha value is -1.28. The first-order chi connectivity index (χ1) is 8.24. The molecular formula is C14H13ClO2. The molecule has 0 aliphatic heterocycles. The number of hydrogen-bond acceptors (Lipinski definition) is 2. The number of Topliss-reactive ketones (excluding diaryl/α,β-unsaturated/α-hetero) is 1. The Labute approximate surface area is 105 Å². The van der Waals surface area contributed by atoms with Crippen molar-refractivity contribution in [3.8, 4) is 0 Å². The molecule has 1 saturated carbocycles. The van der Waals surface area contributed by atoms with Crippen LogP contribution >= 0.6 is 11.6 Å². The molecule has 0 saturated heterocycles. The van der Waals surface area contributed by atoms with Gasteiger partial charge in [-0.15, -0.1) is 0 Å². The molecule has 0 unspecified atom stereocenters. The molecule has 3 rings (SSSR count). The average molecular weight is 249 g/mol. The summed E-state index contributed by atoms with van der Waals surface area (Å²) < 4.78 is 5.59. The van der Waals surface area contributed by atoms with Gasteiger partial charge in [-0.2, -0.15) is 0 Å². The molecule has 1 aliphatic rings. The van der Waals surface area contributed by atoms with Gasteiger partial charge in [0.05, 0.1) is 0 Å². The normalized spacial score (nSPS) is 16.8. The summed E-state index contributed by atoms with van der Waals surface area (Å²) in [6, 6.07) is 7.22. The molecule has 1 aromatic carbocycles. The molecule has 1 aliphatic carbocycles. The van der Waals surface area contributed by atoms with Crippen molar-refractivity contribution in [1.29, 1.82) is 0 Å². The number of carbonyl (C=O) groups is 1. The van der Waals surface area contributed by atoms with Gasteiger partial charge in [-0.25, -0.2) is 0 Å². The number of halogens is 1.